The molecule has 3 atom stereocenters. The number of benzene rings is 2. The van der Waals surface area contributed by atoms with Gasteiger partial charge in [-0.1, -0.05) is 48.0 Å². The Hall–Kier alpha value is -2.73. The molecule has 2 aromatic rings. The molecule has 4 rings (SSSR count). The fourth-order valence-electron chi connectivity index (χ4n) is 3.66. The van der Waals surface area contributed by atoms with Gasteiger partial charge < -0.3 is 15.4 Å². The highest BCUT2D eigenvalue weighted by Gasteiger charge is 2.63. The van der Waals surface area contributed by atoms with Crippen molar-refractivity contribution in [3.05, 3.63) is 65.7 Å². The first-order chi connectivity index (χ1) is 15.8. The molecule has 2 heterocycles. The van der Waals surface area contributed by atoms with Gasteiger partial charge in [-0.05, 0) is 32.9 Å². The van der Waals surface area contributed by atoms with E-state index in [-0.39, 0.29) is 28.6 Å². The number of thioether (sulfide) groups is 1. The second-order valence-electron chi connectivity index (χ2n) is 8.47. The Labute approximate surface area is 202 Å². The van der Waals surface area contributed by atoms with E-state index in [1.165, 1.54) is 28.8 Å². The minimum Gasteiger partial charge on any atom is -0.456 e. The molecule has 1 amide bonds. The van der Waals surface area contributed by atoms with Crippen molar-refractivity contribution in [2.45, 2.75) is 47.9 Å². The van der Waals surface area contributed by atoms with Crippen LogP contribution in [0.3, 0.4) is 0 Å². The molecule has 0 aliphatic carbocycles. The first-order valence-electron chi connectivity index (χ1n) is 10.4. The Morgan fingerprint density at radius 2 is 1.71 bits per heavy atom. The summed E-state index contributed by atoms with van der Waals surface area (Å²) in [4.78, 5) is 37.8. The Morgan fingerprint density at radius 3 is 2.26 bits per heavy atom. The van der Waals surface area contributed by atoms with Gasteiger partial charge in [0.15, 0.2) is 12.4 Å². The van der Waals surface area contributed by atoms with Gasteiger partial charge in [0.25, 0.3) is 10.1 Å². The molecule has 182 valence electrons. The van der Waals surface area contributed by atoms with Crippen LogP contribution in [0.1, 0.15) is 29.8 Å². The van der Waals surface area contributed by atoms with Gasteiger partial charge in [-0.15, -0.1) is 11.8 Å². The molecule has 2 aliphatic heterocycles. The Bertz CT molecular complexity index is 1180. The van der Waals surface area contributed by atoms with E-state index in [9.17, 15) is 22.8 Å². The number of nitrogens with two attached hydrogens (primary N) is 1. The molecule has 0 spiro atoms. The normalized spacial score (nSPS) is 22.7. The molecule has 34 heavy (non-hydrogen) atoms. The summed E-state index contributed by atoms with van der Waals surface area (Å²) in [5.41, 5.74) is 7.21. The number of ketones is 1. The van der Waals surface area contributed by atoms with E-state index in [2.05, 4.69) is 0 Å². The van der Waals surface area contributed by atoms with Gasteiger partial charge in [-0.3, -0.25) is 14.1 Å². The lowest BCUT2D eigenvalue weighted by Crippen LogP contribution is -2.68. The van der Waals surface area contributed by atoms with Crippen molar-refractivity contribution >= 4 is 39.5 Å². The number of nitrogens with zero attached hydrogens (tertiary/aromatic N) is 1. The second-order valence-corrected chi connectivity index (χ2v) is 11.7. The van der Waals surface area contributed by atoms with Crippen LogP contribution in [-0.4, -0.2) is 64.3 Å². The number of hydrogen-bond donors (Lipinski definition) is 2. The van der Waals surface area contributed by atoms with Gasteiger partial charge in [-0.2, -0.15) is 8.42 Å². The summed E-state index contributed by atoms with van der Waals surface area (Å²) >= 11 is 1.49. The highest BCUT2D eigenvalue weighted by atomic mass is 32.2. The van der Waals surface area contributed by atoms with Crippen molar-refractivity contribution < 1.29 is 32.1 Å². The minimum absolute atomic E-state index is 0.0666. The van der Waals surface area contributed by atoms with Crippen LogP contribution in [0.4, 0.5) is 0 Å². The summed E-state index contributed by atoms with van der Waals surface area (Å²) in [7, 11) is -4.02. The zero-order valence-electron chi connectivity index (χ0n) is 18.9. The van der Waals surface area contributed by atoms with Gasteiger partial charge in [0.05, 0.1) is 4.90 Å². The van der Waals surface area contributed by atoms with Crippen LogP contribution in [0.5, 0.6) is 0 Å². The average Bonchev–Trinajstić information content (AvgIpc) is 3.06. The summed E-state index contributed by atoms with van der Waals surface area (Å²) < 4.78 is 34.2. The van der Waals surface area contributed by atoms with Crippen molar-refractivity contribution in [1.82, 2.24) is 4.90 Å². The third-order valence-corrected chi connectivity index (χ3v) is 7.93. The maximum Gasteiger partial charge on any atom is 0.330 e. The van der Waals surface area contributed by atoms with E-state index in [0.29, 0.717) is 5.56 Å². The van der Waals surface area contributed by atoms with Gasteiger partial charge in [0.1, 0.15) is 17.5 Å². The van der Waals surface area contributed by atoms with E-state index in [1.807, 2.05) is 20.8 Å². The second kappa shape index (κ2) is 9.87. The molecule has 2 aliphatic rings. The fourth-order valence-corrected chi connectivity index (χ4v) is 5.70. The number of Topliss-reactive ketones (excluding diaryl/α,β-unsaturated/α-hetero) is 1. The zero-order chi connectivity index (χ0) is 25.3. The van der Waals surface area contributed by atoms with E-state index >= 15 is 0 Å². The van der Waals surface area contributed by atoms with Gasteiger partial charge in [-0.25, -0.2) is 4.79 Å². The van der Waals surface area contributed by atoms with Crippen LogP contribution in [0.2, 0.25) is 0 Å². The number of β-lactam (4-membered cyclic amide) rings is 1. The van der Waals surface area contributed by atoms with Crippen LogP contribution in [-0.2, 0) is 24.4 Å². The number of ether oxygens (including phenoxy) is 1. The number of carbonyl (C=O) groups is 3. The molecular weight excluding hydrogens is 480 g/mol. The molecule has 0 saturated carbocycles. The predicted molar refractivity (Wildman–Crippen MR) is 127 cm³/mol. The van der Waals surface area contributed by atoms with Crippen LogP contribution in [0.25, 0.3) is 0 Å². The molecule has 0 bridgehead atoms. The largest absolute Gasteiger partial charge is 0.456 e. The van der Waals surface area contributed by atoms with E-state index < -0.39 is 32.9 Å². The third-order valence-electron chi connectivity index (χ3n) is 5.47. The van der Waals surface area contributed by atoms with E-state index in [0.717, 1.165) is 5.56 Å². The van der Waals surface area contributed by atoms with Crippen LogP contribution in [0.15, 0.2) is 59.5 Å². The molecule has 0 aromatic heterocycles. The zero-order valence-corrected chi connectivity index (χ0v) is 20.5. The number of hydrogen-bond acceptors (Lipinski definition) is 8. The summed E-state index contributed by atoms with van der Waals surface area (Å²) in [6.45, 7) is 5.26. The lowest BCUT2D eigenvalue weighted by molar-refractivity contribution is -0.162. The number of aryl methyl sites for hydroxylation is 1. The Balaban J connectivity index is 0.000000248. The quantitative estimate of drug-likeness (QED) is 0.269. The fraction of sp³-hybridized carbons (Fsp3) is 0.348. The number of fused-ring (bicyclic) bond motifs is 1. The molecule has 2 saturated heterocycles. The molecule has 2 fully saturated rings. The molecule has 2 aromatic carbocycles. The Kier molecular flexibility index (Phi) is 7.51. The van der Waals surface area contributed by atoms with Crippen LogP contribution in [0, 0.1) is 6.92 Å². The molecular formula is C23H26N2O7S2. The maximum absolute atomic E-state index is 12.4. The average molecular weight is 507 g/mol. The van der Waals surface area contributed by atoms with Crippen LogP contribution < -0.4 is 5.73 Å². The van der Waals surface area contributed by atoms with E-state index in [4.69, 9.17) is 15.0 Å². The van der Waals surface area contributed by atoms with Crippen LogP contribution >= 0.6 is 11.8 Å². The topological polar surface area (TPSA) is 144 Å². The first kappa shape index (κ1) is 25.9. The monoisotopic (exact) mass is 506 g/mol. The molecule has 11 heteroatoms. The van der Waals surface area contributed by atoms with Crippen molar-refractivity contribution in [3.63, 3.8) is 0 Å². The van der Waals surface area contributed by atoms with Gasteiger partial charge >= 0.3 is 5.97 Å². The van der Waals surface area contributed by atoms with E-state index in [1.54, 1.807) is 42.5 Å². The summed E-state index contributed by atoms with van der Waals surface area (Å²) in [6, 6.07) is 13.3. The lowest BCUT2D eigenvalue weighted by Gasteiger charge is -2.41. The lowest BCUT2D eigenvalue weighted by atomic mass is 9.96. The summed E-state index contributed by atoms with van der Waals surface area (Å²) in [5.74, 6) is -1.08. The number of esters is 1. The summed E-state index contributed by atoms with van der Waals surface area (Å²) in [5, 5.41) is -0.195. The smallest absolute Gasteiger partial charge is 0.330 e. The van der Waals surface area contributed by atoms with Crippen molar-refractivity contribution in [2.24, 2.45) is 5.73 Å². The highest BCUT2D eigenvalue weighted by molar-refractivity contribution is 8.01. The maximum atomic E-state index is 12.4. The standard InChI is InChI=1S/C16H18N2O4S.C7H8O3S/c1-16(2)12(18-13(20)11(17)14(18)23-16)15(21)22-8-10(19)9-6-4-3-5-7-9;1-6-2-4-7(5-3-6)11(8,9)10/h3-7,11-12,14H,8,17H2,1-2H3;2-5H,1H3,(H,8,9,10)/t11-,12+,14-;/m1./s1. The summed E-state index contributed by atoms with van der Waals surface area (Å²) in [6.07, 6.45) is 0. The van der Waals surface area contributed by atoms with Gasteiger partial charge in [0, 0.05) is 10.3 Å². The number of rotatable bonds is 5. The van der Waals surface area contributed by atoms with Crippen molar-refractivity contribution in [2.75, 3.05) is 6.61 Å². The number of amides is 1. The third kappa shape index (κ3) is 5.49. The first-order valence-corrected chi connectivity index (χ1v) is 12.7. The highest BCUT2D eigenvalue weighted by Crippen LogP contribution is 2.50. The molecule has 0 unspecified atom stereocenters. The minimum atomic E-state index is -4.02. The Morgan fingerprint density at radius 1 is 1.12 bits per heavy atom. The SMILES string of the molecule is CC1(C)S[C@@H]2[C@H](N)C(=O)N2[C@H]1C(=O)OCC(=O)c1ccccc1.Cc1ccc(S(=O)(=O)O)cc1. The van der Waals surface area contributed by atoms with Crippen molar-refractivity contribution in [3.8, 4) is 0 Å². The van der Waals surface area contributed by atoms with Gasteiger partial charge in [0.2, 0.25) is 5.91 Å². The number of carbonyl (C=O) groups excluding carboxylic acids is 3. The molecule has 3 N–H and O–H groups in total. The molecule has 9 nitrogen and oxygen atoms in total. The predicted octanol–water partition coefficient (Wildman–Crippen LogP) is 2.04. The molecule has 0 radical (unpaired) electrons. The van der Waals surface area contributed by atoms with Crippen molar-refractivity contribution in [1.29, 1.82) is 0 Å².